The minimum Gasteiger partial charge on any atom is -0.483 e. The smallest absolute Gasteiger partial charge is 0.416 e. The number of carbonyl (C=O) groups is 1. The van der Waals surface area contributed by atoms with Gasteiger partial charge in [0.25, 0.3) is 16.5 Å². The molecule has 14 heteroatoms. The zero-order valence-electron chi connectivity index (χ0n) is 21.6. The van der Waals surface area contributed by atoms with Crippen molar-refractivity contribution in [3.63, 3.8) is 0 Å². The lowest BCUT2D eigenvalue weighted by molar-refractivity contribution is -0.137. The summed E-state index contributed by atoms with van der Waals surface area (Å²) in [4.78, 5) is 17.6. The van der Waals surface area contributed by atoms with Gasteiger partial charge in [0.15, 0.2) is 0 Å². The maximum atomic E-state index is 15.0. The maximum absolute atomic E-state index is 15.0. The Balaban J connectivity index is 0.00000141. The molecule has 0 bridgehead atoms. The largest absolute Gasteiger partial charge is 0.483 e. The molecule has 3 atom stereocenters. The molecule has 4 rings (SSSR count). The third-order valence-corrected chi connectivity index (χ3v) is 7.93. The average Bonchev–Trinajstić information content (AvgIpc) is 2.90. The van der Waals surface area contributed by atoms with Crippen molar-refractivity contribution in [2.75, 3.05) is 24.1 Å². The van der Waals surface area contributed by atoms with Gasteiger partial charge in [0.05, 0.1) is 16.1 Å². The topological polar surface area (TPSA) is 125 Å². The van der Waals surface area contributed by atoms with E-state index in [4.69, 9.17) is 9.90 Å². The van der Waals surface area contributed by atoms with E-state index in [0.29, 0.717) is 24.8 Å². The summed E-state index contributed by atoms with van der Waals surface area (Å²) in [6.45, 7) is -0.250. The molecule has 1 fully saturated rings. The first kappa shape index (κ1) is 30.8. The van der Waals surface area contributed by atoms with Crippen molar-refractivity contribution in [1.82, 2.24) is 14.9 Å². The van der Waals surface area contributed by atoms with E-state index in [1.165, 1.54) is 42.9 Å². The Morgan fingerprint density at radius 2 is 1.82 bits per heavy atom. The third kappa shape index (κ3) is 7.88. The molecule has 1 heterocycles. The van der Waals surface area contributed by atoms with Crippen LogP contribution in [-0.2, 0) is 21.0 Å². The fourth-order valence-corrected chi connectivity index (χ4v) is 5.70. The van der Waals surface area contributed by atoms with Crippen LogP contribution >= 0.6 is 0 Å². The minimum absolute atomic E-state index is 0.0592. The van der Waals surface area contributed by atoms with Crippen LogP contribution in [0.2, 0.25) is 0 Å². The van der Waals surface area contributed by atoms with Gasteiger partial charge in [-0.25, -0.2) is 22.8 Å². The summed E-state index contributed by atoms with van der Waals surface area (Å²) in [5.41, 5.74) is 0.116. The number of halogens is 4. The number of nitrogens with zero attached hydrogens (tertiary/aromatic N) is 3. The van der Waals surface area contributed by atoms with Crippen LogP contribution in [0.1, 0.15) is 36.3 Å². The lowest BCUT2D eigenvalue weighted by Crippen LogP contribution is -2.47. The maximum Gasteiger partial charge on any atom is 0.416 e. The van der Waals surface area contributed by atoms with Crippen molar-refractivity contribution >= 4 is 28.0 Å². The number of rotatable bonds is 7. The van der Waals surface area contributed by atoms with E-state index < -0.39 is 27.6 Å². The molecular weight excluding hydrogens is 554 g/mol. The molecule has 3 N–H and O–H groups in total. The van der Waals surface area contributed by atoms with Crippen LogP contribution in [0.5, 0.6) is 0 Å². The summed E-state index contributed by atoms with van der Waals surface area (Å²) in [5, 5.41) is 10.1. The molecule has 40 heavy (non-hydrogen) atoms. The number of carboxylic acid groups (broad SMARTS) is 1. The van der Waals surface area contributed by atoms with Crippen molar-refractivity contribution in [3.8, 4) is 0 Å². The molecule has 216 valence electrons. The number of alkyl halides is 3. The second kappa shape index (κ2) is 13.0. The SMILES string of the molecule is CN(C)[C@H]1C[C@@H](c2cccc(C(F)(F)F)c2)CC[C@@H]1Nc1ccc(S(=O)(=O)Nc2ccncn2)cc1F.O=CO. The first-order chi connectivity index (χ1) is 18.9. The number of nitrogens with one attached hydrogen (secondary N) is 2. The monoisotopic (exact) mass is 583 g/mol. The molecular formula is C26H29F4N5O4S. The van der Waals surface area contributed by atoms with Crippen LogP contribution in [0.25, 0.3) is 0 Å². The van der Waals surface area contributed by atoms with E-state index >= 15 is 0 Å². The van der Waals surface area contributed by atoms with Crippen molar-refractivity contribution in [2.24, 2.45) is 0 Å². The molecule has 1 aromatic heterocycles. The number of likely N-dealkylation sites (N-methyl/N-ethyl adjacent to an activating group) is 1. The van der Waals surface area contributed by atoms with E-state index in [9.17, 15) is 26.0 Å². The molecule has 1 aliphatic carbocycles. The summed E-state index contributed by atoms with van der Waals surface area (Å²) in [7, 11) is -0.311. The highest BCUT2D eigenvalue weighted by Crippen LogP contribution is 2.38. The molecule has 0 unspecified atom stereocenters. The Kier molecular flexibility index (Phi) is 10.0. The fraction of sp³-hybridized carbons (Fsp3) is 0.346. The predicted octanol–water partition coefficient (Wildman–Crippen LogP) is 4.81. The number of sulfonamides is 1. The summed E-state index contributed by atoms with van der Waals surface area (Å²) < 4.78 is 82.1. The van der Waals surface area contributed by atoms with Gasteiger partial charge >= 0.3 is 6.18 Å². The zero-order valence-corrected chi connectivity index (χ0v) is 22.5. The van der Waals surface area contributed by atoms with E-state index in [2.05, 4.69) is 20.0 Å². The Hall–Kier alpha value is -3.78. The summed E-state index contributed by atoms with van der Waals surface area (Å²) in [6, 6.07) is 10.1. The van der Waals surface area contributed by atoms with Crippen molar-refractivity contribution in [3.05, 3.63) is 78.0 Å². The van der Waals surface area contributed by atoms with Gasteiger partial charge in [-0.15, -0.1) is 0 Å². The Bertz CT molecular complexity index is 1390. The Morgan fingerprint density at radius 1 is 1.10 bits per heavy atom. The van der Waals surface area contributed by atoms with Gasteiger partial charge in [-0.1, -0.05) is 18.2 Å². The molecule has 2 aromatic carbocycles. The minimum atomic E-state index is -4.41. The Labute approximate surface area is 229 Å². The van der Waals surface area contributed by atoms with Gasteiger partial charge in [-0.05, 0) is 75.2 Å². The van der Waals surface area contributed by atoms with Gasteiger partial charge in [0.2, 0.25) is 0 Å². The van der Waals surface area contributed by atoms with Crippen LogP contribution in [0.4, 0.5) is 29.1 Å². The predicted molar refractivity (Wildman–Crippen MR) is 141 cm³/mol. The molecule has 0 saturated heterocycles. The van der Waals surface area contributed by atoms with Gasteiger partial charge < -0.3 is 15.3 Å². The molecule has 0 radical (unpaired) electrons. The van der Waals surface area contributed by atoms with E-state index in [1.54, 1.807) is 6.07 Å². The highest BCUT2D eigenvalue weighted by molar-refractivity contribution is 7.92. The molecule has 1 saturated carbocycles. The second-order valence-corrected chi connectivity index (χ2v) is 11.0. The van der Waals surface area contributed by atoms with E-state index in [1.807, 2.05) is 19.0 Å². The van der Waals surface area contributed by atoms with Crippen LogP contribution in [-0.4, -0.2) is 61.0 Å². The summed E-state index contributed by atoms with van der Waals surface area (Å²) in [6.07, 6.45) is -0.0331. The highest BCUT2D eigenvalue weighted by Gasteiger charge is 2.35. The molecule has 1 aliphatic rings. The third-order valence-electron chi connectivity index (χ3n) is 6.58. The molecule has 9 nitrogen and oxygen atoms in total. The molecule has 3 aromatic rings. The zero-order chi connectivity index (χ0) is 29.5. The molecule has 0 amide bonds. The quantitative estimate of drug-likeness (QED) is 0.267. The highest BCUT2D eigenvalue weighted by atomic mass is 32.2. The number of benzene rings is 2. The fourth-order valence-electron chi connectivity index (χ4n) is 4.68. The first-order valence-corrected chi connectivity index (χ1v) is 13.6. The van der Waals surface area contributed by atoms with E-state index in [0.717, 1.165) is 12.1 Å². The van der Waals surface area contributed by atoms with Crippen LogP contribution in [0, 0.1) is 5.82 Å². The lowest BCUT2D eigenvalue weighted by Gasteiger charge is -2.41. The molecule has 0 aliphatic heterocycles. The van der Waals surface area contributed by atoms with Gasteiger partial charge in [0.1, 0.15) is 18.0 Å². The first-order valence-electron chi connectivity index (χ1n) is 12.1. The number of aromatic nitrogens is 2. The number of anilines is 2. The van der Waals surface area contributed by atoms with Gasteiger partial charge in [-0.3, -0.25) is 9.52 Å². The standard InChI is InChI=1S/C25H27F4N5O2S.CH2O2/c1-34(2)23-13-17(16-4-3-5-18(12-16)25(27,28)29)6-8-22(23)32-21-9-7-19(14-20(21)26)37(35,36)33-24-10-11-30-15-31-24;2-1-3/h3-5,7,9-12,14-15,17,22-23,32H,6,8,13H2,1-2H3,(H,30,31,33);1H,(H,2,3)/t17-,22-,23-;/m0./s1. The Morgan fingerprint density at radius 3 is 2.42 bits per heavy atom. The second-order valence-electron chi connectivity index (χ2n) is 9.36. The van der Waals surface area contributed by atoms with Gasteiger partial charge in [-0.2, -0.15) is 13.2 Å². The van der Waals surface area contributed by atoms with Crippen LogP contribution in [0.15, 0.2) is 66.0 Å². The van der Waals surface area contributed by atoms with Crippen LogP contribution < -0.4 is 10.0 Å². The average molecular weight is 584 g/mol. The summed E-state index contributed by atoms with van der Waals surface area (Å²) >= 11 is 0. The van der Waals surface area contributed by atoms with Crippen LogP contribution in [0.3, 0.4) is 0 Å². The summed E-state index contributed by atoms with van der Waals surface area (Å²) in [5.74, 6) is -0.745. The number of hydrogen-bond donors (Lipinski definition) is 3. The molecule has 0 spiro atoms. The normalized spacial score (nSPS) is 19.3. The van der Waals surface area contributed by atoms with Gasteiger partial charge in [0, 0.05) is 18.3 Å². The lowest BCUT2D eigenvalue weighted by atomic mass is 9.78. The van der Waals surface area contributed by atoms with Crippen molar-refractivity contribution in [2.45, 2.75) is 48.3 Å². The van der Waals surface area contributed by atoms with Crippen molar-refractivity contribution < 1.29 is 35.9 Å². The number of hydrogen-bond acceptors (Lipinski definition) is 7. The van der Waals surface area contributed by atoms with Crippen molar-refractivity contribution in [1.29, 1.82) is 0 Å². The van der Waals surface area contributed by atoms with E-state index in [-0.39, 0.29) is 40.9 Å².